The SMILES string of the molecule is O=C(NCCN1CCCc2ccccc21)C1CC(C2CCOCC2)=NO1. The number of nitrogens with one attached hydrogen (secondary N) is 1. The molecule has 1 fully saturated rings. The summed E-state index contributed by atoms with van der Waals surface area (Å²) in [7, 11) is 0. The molecule has 0 bridgehead atoms. The fourth-order valence-electron chi connectivity index (χ4n) is 4.08. The third-order valence-corrected chi connectivity index (χ3v) is 5.56. The first-order valence-electron chi connectivity index (χ1n) is 9.72. The van der Waals surface area contributed by atoms with Crippen LogP contribution < -0.4 is 10.2 Å². The Balaban J connectivity index is 1.23. The highest BCUT2D eigenvalue weighted by molar-refractivity contribution is 5.94. The average molecular weight is 357 g/mol. The highest BCUT2D eigenvalue weighted by atomic mass is 16.6. The fourth-order valence-corrected chi connectivity index (χ4v) is 4.08. The fraction of sp³-hybridized carbons (Fsp3) is 0.600. The topological polar surface area (TPSA) is 63.2 Å². The van der Waals surface area contributed by atoms with Crippen LogP contribution in [0.3, 0.4) is 0 Å². The molecule has 0 spiro atoms. The molecule has 6 heteroatoms. The third kappa shape index (κ3) is 3.85. The van der Waals surface area contributed by atoms with Crippen LogP contribution in [0.1, 0.15) is 31.2 Å². The van der Waals surface area contributed by atoms with Crippen LogP contribution in [0.4, 0.5) is 5.69 Å². The molecule has 1 atom stereocenters. The van der Waals surface area contributed by atoms with Gasteiger partial charge in [-0.05, 0) is 37.3 Å². The van der Waals surface area contributed by atoms with E-state index in [0.29, 0.717) is 18.9 Å². The van der Waals surface area contributed by atoms with E-state index in [2.05, 4.69) is 39.6 Å². The first kappa shape index (κ1) is 17.3. The van der Waals surface area contributed by atoms with Gasteiger partial charge in [-0.3, -0.25) is 4.79 Å². The Morgan fingerprint density at radius 1 is 1.27 bits per heavy atom. The van der Waals surface area contributed by atoms with Crippen LogP contribution in [-0.4, -0.2) is 50.6 Å². The van der Waals surface area contributed by atoms with Crippen LogP contribution >= 0.6 is 0 Å². The van der Waals surface area contributed by atoms with Crippen LogP contribution in [0, 0.1) is 5.92 Å². The number of carbonyl (C=O) groups excluding carboxylic acids is 1. The number of amides is 1. The number of hydrogen-bond donors (Lipinski definition) is 1. The second-order valence-corrected chi connectivity index (χ2v) is 7.28. The summed E-state index contributed by atoms with van der Waals surface area (Å²) in [6, 6.07) is 8.54. The molecule has 3 aliphatic heterocycles. The van der Waals surface area contributed by atoms with Gasteiger partial charge in [0.2, 0.25) is 6.10 Å². The minimum absolute atomic E-state index is 0.0545. The first-order chi connectivity index (χ1) is 12.8. The maximum atomic E-state index is 12.4. The van der Waals surface area contributed by atoms with Crippen molar-refractivity contribution in [1.29, 1.82) is 0 Å². The molecule has 4 rings (SSSR count). The molecule has 0 saturated carbocycles. The number of nitrogens with zero attached hydrogens (tertiary/aromatic N) is 2. The van der Waals surface area contributed by atoms with Crippen molar-refractivity contribution in [1.82, 2.24) is 5.32 Å². The molecule has 26 heavy (non-hydrogen) atoms. The van der Waals surface area contributed by atoms with Gasteiger partial charge < -0.3 is 19.8 Å². The molecule has 140 valence electrons. The number of carbonyl (C=O) groups is 1. The summed E-state index contributed by atoms with van der Waals surface area (Å²) in [6.07, 6.45) is 4.40. The number of benzene rings is 1. The Bertz CT molecular complexity index is 670. The summed E-state index contributed by atoms with van der Waals surface area (Å²) >= 11 is 0. The maximum absolute atomic E-state index is 12.4. The summed E-state index contributed by atoms with van der Waals surface area (Å²) in [5.41, 5.74) is 3.73. The summed E-state index contributed by atoms with van der Waals surface area (Å²) < 4.78 is 5.39. The monoisotopic (exact) mass is 357 g/mol. The molecule has 1 aromatic carbocycles. The normalized spacial score (nSPS) is 23.2. The quantitative estimate of drug-likeness (QED) is 0.877. The van der Waals surface area contributed by atoms with E-state index >= 15 is 0 Å². The number of para-hydroxylation sites is 1. The summed E-state index contributed by atoms with van der Waals surface area (Å²) in [4.78, 5) is 20.2. The average Bonchev–Trinajstić information content (AvgIpc) is 3.19. The standard InChI is InChI=1S/C20H27N3O3/c24-20(19-14-17(22-26-19)15-7-12-25-13-8-15)21-9-11-23-10-3-5-16-4-1-2-6-18(16)23/h1-2,4,6,15,19H,3,5,7-14H2,(H,21,24). The van der Waals surface area contributed by atoms with Crippen molar-refractivity contribution >= 4 is 17.3 Å². The van der Waals surface area contributed by atoms with E-state index in [1.54, 1.807) is 0 Å². The highest BCUT2D eigenvalue weighted by Crippen LogP contribution is 2.26. The van der Waals surface area contributed by atoms with Crippen molar-refractivity contribution in [2.24, 2.45) is 11.1 Å². The molecule has 0 aromatic heterocycles. The van der Waals surface area contributed by atoms with Gasteiger partial charge in [0.1, 0.15) is 0 Å². The van der Waals surface area contributed by atoms with Gasteiger partial charge in [-0.2, -0.15) is 0 Å². The van der Waals surface area contributed by atoms with E-state index in [1.807, 2.05) is 0 Å². The highest BCUT2D eigenvalue weighted by Gasteiger charge is 2.32. The second kappa shape index (κ2) is 8.08. The molecule has 1 N–H and O–H groups in total. The van der Waals surface area contributed by atoms with Gasteiger partial charge in [0, 0.05) is 50.9 Å². The Morgan fingerprint density at radius 2 is 2.12 bits per heavy atom. The number of aryl methyl sites for hydroxylation is 1. The predicted octanol–water partition coefficient (Wildman–Crippen LogP) is 2.13. The van der Waals surface area contributed by atoms with Crippen LogP contribution in [0.5, 0.6) is 0 Å². The van der Waals surface area contributed by atoms with Crippen molar-refractivity contribution in [3.05, 3.63) is 29.8 Å². The molecular weight excluding hydrogens is 330 g/mol. The lowest BCUT2D eigenvalue weighted by atomic mass is 9.91. The van der Waals surface area contributed by atoms with Crippen LogP contribution in [0.25, 0.3) is 0 Å². The molecule has 6 nitrogen and oxygen atoms in total. The van der Waals surface area contributed by atoms with Crippen molar-refractivity contribution in [2.75, 3.05) is 37.7 Å². The van der Waals surface area contributed by atoms with Crippen molar-refractivity contribution in [3.8, 4) is 0 Å². The number of rotatable bonds is 5. The van der Waals surface area contributed by atoms with Crippen molar-refractivity contribution in [3.63, 3.8) is 0 Å². The lowest BCUT2D eigenvalue weighted by molar-refractivity contribution is -0.131. The molecule has 3 heterocycles. The molecule has 1 unspecified atom stereocenters. The summed E-state index contributed by atoms with van der Waals surface area (Å²) in [6.45, 7) is 4.04. The van der Waals surface area contributed by atoms with Crippen LogP contribution in [0.2, 0.25) is 0 Å². The van der Waals surface area contributed by atoms with E-state index in [1.165, 1.54) is 17.7 Å². The second-order valence-electron chi connectivity index (χ2n) is 7.28. The first-order valence-corrected chi connectivity index (χ1v) is 9.72. The van der Waals surface area contributed by atoms with Gasteiger partial charge in [-0.15, -0.1) is 0 Å². The zero-order valence-electron chi connectivity index (χ0n) is 15.2. The molecular formula is C20H27N3O3. The third-order valence-electron chi connectivity index (χ3n) is 5.56. The minimum Gasteiger partial charge on any atom is -0.382 e. The molecule has 1 saturated heterocycles. The molecule has 0 radical (unpaired) electrons. The molecule has 1 amide bonds. The Hall–Kier alpha value is -2.08. The van der Waals surface area contributed by atoms with Gasteiger partial charge in [0.15, 0.2) is 0 Å². The van der Waals surface area contributed by atoms with E-state index in [-0.39, 0.29) is 5.91 Å². The number of anilines is 1. The zero-order chi connectivity index (χ0) is 17.8. The lowest BCUT2D eigenvalue weighted by Crippen LogP contribution is -2.41. The molecule has 0 aliphatic carbocycles. The number of fused-ring (bicyclic) bond motifs is 1. The maximum Gasteiger partial charge on any atom is 0.264 e. The van der Waals surface area contributed by atoms with Gasteiger partial charge >= 0.3 is 0 Å². The Kier molecular flexibility index (Phi) is 5.39. The Morgan fingerprint density at radius 3 is 3.00 bits per heavy atom. The summed E-state index contributed by atoms with van der Waals surface area (Å²) in [5, 5.41) is 7.20. The van der Waals surface area contributed by atoms with Crippen LogP contribution in [0.15, 0.2) is 29.4 Å². The number of oxime groups is 1. The Labute approximate surface area is 154 Å². The van der Waals surface area contributed by atoms with E-state index in [4.69, 9.17) is 9.57 Å². The van der Waals surface area contributed by atoms with E-state index < -0.39 is 6.10 Å². The number of hydrogen-bond acceptors (Lipinski definition) is 5. The van der Waals surface area contributed by atoms with Gasteiger partial charge in [-0.25, -0.2) is 0 Å². The van der Waals surface area contributed by atoms with Crippen molar-refractivity contribution in [2.45, 2.75) is 38.2 Å². The summed E-state index contributed by atoms with van der Waals surface area (Å²) in [5.74, 6) is 0.354. The van der Waals surface area contributed by atoms with E-state index in [0.717, 1.165) is 51.3 Å². The van der Waals surface area contributed by atoms with E-state index in [9.17, 15) is 4.79 Å². The van der Waals surface area contributed by atoms with Crippen LogP contribution in [-0.2, 0) is 20.8 Å². The molecule has 3 aliphatic rings. The largest absolute Gasteiger partial charge is 0.382 e. The lowest BCUT2D eigenvalue weighted by Gasteiger charge is -2.31. The minimum atomic E-state index is -0.471. The smallest absolute Gasteiger partial charge is 0.264 e. The number of ether oxygens (including phenoxy) is 1. The zero-order valence-corrected chi connectivity index (χ0v) is 15.2. The van der Waals surface area contributed by atoms with Crippen molar-refractivity contribution < 1.29 is 14.4 Å². The predicted molar refractivity (Wildman–Crippen MR) is 100 cm³/mol. The van der Waals surface area contributed by atoms with Gasteiger partial charge in [0.05, 0.1) is 5.71 Å². The van der Waals surface area contributed by atoms with Gasteiger partial charge in [-0.1, -0.05) is 23.4 Å². The molecule has 1 aromatic rings. The van der Waals surface area contributed by atoms with Gasteiger partial charge in [0.25, 0.3) is 5.91 Å².